The maximum absolute atomic E-state index is 12.4. The fourth-order valence-electron chi connectivity index (χ4n) is 2.91. The highest BCUT2D eigenvalue weighted by molar-refractivity contribution is 5.90. The van der Waals surface area contributed by atoms with Gasteiger partial charge in [-0.25, -0.2) is 9.97 Å². The number of amides is 1. The van der Waals surface area contributed by atoms with E-state index >= 15 is 0 Å². The van der Waals surface area contributed by atoms with Crippen molar-refractivity contribution >= 4 is 11.9 Å². The van der Waals surface area contributed by atoms with Crippen LogP contribution in [0, 0.1) is 26.7 Å². The second kappa shape index (κ2) is 6.71. The van der Waals surface area contributed by atoms with Crippen LogP contribution in [-0.2, 0) is 24.2 Å². The summed E-state index contributed by atoms with van der Waals surface area (Å²) in [6, 6.07) is 1.94. The average Bonchev–Trinajstić information content (AvgIpc) is 3.30. The molecule has 1 fully saturated rings. The minimum atomic E-state index is -0.0974. The van der Waals surface area contributed by atoms with E-state index in [0.717, 1.165) is 47.2 Å². The first-order chi connectivity index (χ1) is 11.5. The molecule has 0 aliphatic heterocycles. The number of rotatable bonds is 6. The Morgan fingerprint density at radius 2 is 2.04 bits per heavy atom. The molecular formula is C18H25N5O. The Kier molecular flexibility index (Phi) is 4.64. The third-order valence-electron chi connectivity index (χ3n) is 4.52. The van der Waals surface area contributed by atoms with Crippen molar-refractivity contribution in [1.29, 1.82) is 0 Å². The normalized spacial score (nSPS) is 14.0. The van der Waals surface area contributed by atoms with Crippen molar-refractivity contribution in [2.75, 3.05) is 5.32 Å². The van der Waals surface area contributed by atoms with Gasteiger partial charge in [0.2, 0.25) is 11.9 Å². The molecule has 2 aromatic rings. The summed E-state index contributed by atoms with van der Waals surface area (Å²) in [6.45, 7) is 8.93. The van der Waals surface area contributed by atoms with Crippen LogP contribution in [0.2, 0.25) is 0 Å². The highest BCUT2D eigenvalue weighted by Crippen LogP contribution is 2.31. The van der Waals surface area contributed by atoms with E-state index in [1.165, 1.54) is 12.8 Å². The molecule has 2 heterocycles. The molecule has 1 N–H and O–H groups in total. The van der Waals surface area contributed by atoms with Crippen LogP contribution in [0.4, 0.5) is 5.95 Å². The summed E-state index contributed by atoms with van der Waals surface area (Å²) in [5.74, 6) is 1.05. The molecule has 0 saturated heterocycles. The van der Waals surface area contributed by atoms with Gasteiger partial charge in [0.1, 0.15) is 0 Å². The molecule has 6 heteroatoms. The maximum atomic E-state index is 12.4. The van der Waals surface area contributed by atoms with Crippen molar-refractivity contribution in [2.24, 2.45) is 5.92 Å². The molecule has 2 aromatic heterocycles. The fourth-order valence-corrected chi connectivity index (χ4v) is 2.91. The van der Waals surface area contributed by atoms with Crippen molar-refractivity contribution in [3.8, 4) is 0 Å². The lowest BCUT2D eigenvalue weighted by Gasteiger charge is -2.07. The number of aromatic nitrogens is 4. The predicted molar refractivity (Wildman–Crippen MR) is 92.9 cm³/mol. The molecule has 24 heavy (non-hydrogen) atoms. The molecule has 6 nitrogen and oxygen atoms in total. The quantitative estimate of drug-likeness (QED) is 0.885. The minimum absolute atomic E-state index is 0.0974. The first-order valence-electron chi connectivity index (χ1n) is 8.63. The van der Waals surface area contributed by atoms with Gasteiger partial charge in [-0.3, -0.25) is 14.8 Å². The third kappa shape index (κ3) is 3.80. The highest BCUT2D eigenvalue weighted by Gasteiger charge is 2.24. The number of nitrogens with one attached hydrogen (secondary N) is 1. The van der Waals surface area contributed by atoms with E-state index in [4.69, 9.17) is 0 Å². The molecule has 3 rings (SSSR count). The Morgan fingerprint density at radius 3 is 2.71 bits per heavy atom. The van der Waals surface area contributed by atoms with Crippen molar-refractivity contribution in [1.82, 2.24) is 19.7 Å². The summed E-state index contributed by atoms with van der Waals surface area (Å²) in [6.07, 6.45) is 3.71. The lowest BCUT2D eigenvalue weighted by atomic mass is 10.1. The third-order valence-corrected chi connectivity index (χ3v) is 4.52. The number of nitrogens with zero attached hydrogens (tertiary/aromatic N) is 4. The number of anilines is 1. The summed E-state index contributed by atoms with van der Waals surface area (Å²) < 4.78 is 2.05. The molecule has 0 atom stereocenters. The largest absolute Gasteiger partial charge is 0.294 e. The number of carbonyl (C=O) groups is 1. The Labute approximate surface area is 142 Å². The summed E-state index contributed by atoms with van der Waals surface area (Å²) in [7, 11) is 0. The lowest BCUT2D eigenvalue weighted by Crippen LogP contribution is -2.18. The standard InChI is InChI=1S/C18H25N5O/c1-5-15-8-11(2)19-18(20-15)21-17(24)9-16-12(3)22-23(13(16)4)10-14-6-7-14/h8,14H,5-7,9-10H2,1-4H3,(H,19,20,21,24). The van der Waals surface area contributed by atoms with Gasteiger partial charge >= 0.3 is 0 Å². The molecule has 0 spiro atoms. The first-order valence-corrected chi connectivity index (χ1v) is 8.63. The monoisotopic (exact) mass is 327 g/mol. The van der Waals surface area contributed by atoms with E-state index in [1.807, 2.05) is 38.4 Å². The molecule has 0 bridgehead atoms. The minimum Gasteiger partial charge on any atom is -0.294 e. The molecule has 0 unspecified atom stereocenters. The van der Waals surface area contributed by atoms with Crippen molar-refractivity contribution in [3.05, 3.63) is 34.4 Å². The van der Waals surface area contributed by atoms with E-state index in [-0.39, 0.29) is 5.91 Å². The SMILES string of the molecule is CCc1cc(C)nc(NC(=O)Cc2c(C)nn(CC3CC3)c2C)n1. The molecule has 128 valence electrons. The van der Waals surface area contributed by atoms with Gasteiger partial charge in [0, 0.05) is 29.2 Å². The zero-order valence-corrected chi connectivity index (χ0v) is 14.9. The van der Waals surface area contributed by atoms with Crippen molar-refractivity contribution in [2.45, 2.75) is 59.9 Å². The van der Waals surface area contributed by atoms with Crippen LogP contribution in [0.1, 0.15) is 48.1 Å². The number of hydrogen-bond donors (Lipinski definition) is 1. The van der Waals surface area contributed by atoms with Crippen molar-refractivity contribution < 1.29 is 4.79 Å². The number of hydrogen-bond acceptors (Lipinski definition) is 4. The van der Waals surface area contributed by atoms with Crippen LogP contribution in [0.3, 0.4) is 0 Å². The lowest BCUT2D eigenvalue weighted by molar-refractivity contribution is -0.115. The number of aryl methyl sites for hydroxylation is 3. The topological polar surface area (TPSA) is 72.7 Å². The molecule has 1 aliphatic rings. The van der Waals surface area contributed by atoms with E-state index in [1.54, 1.807) is 0 Å². The predicted octanol–water partition coefficient (Wildman–Crippen LogP) is 2.75. The van der Waals surface area contributed by atoms with E-state index < -0.39 is 0 Å². The van der Waals surface area contributed by atoms with Crippen LogP contribution in [0.25, 0.3) is 0 Å². The molecular weight excluding hydrogens is 302 g/mol. The van der Waals surface area contributed by atoms with Crippen LogP contribution in [0.15, 0.2) is 6.07 Å². The van der Waals surface area contributed by atoms with E-state index in [2.05, 4.69) is 20.4 Å². The Hall–Kier alpha value is -2.24. The maximum Gasteiger partial charge on any atom is 0.231 e. The molecule has 1 aliphatic carbocycles. The smallest absolute Gasteiger partial charge is 0.231 e. The van der Waals surface area contributed by atoms with Gasteiger partial charge in [-0.05, 0) is 52.0 Å². The van der Waals surface area contributed by atoms with Gasteiger partial charge in [-0.2, -0.15) is 5.10 Å². The number of carbonyl (C=O) groups excluding carboxylic acids is 1. The van der Waals surface area contributed by atoms with Crippen LogP contribution in [0.5, 0.6) is 0 Å². The Balaban J connectivity index is 1.70. The van der Waals surface area contributed by atoms with Gasteiger partial charge in [0.05, 0.1) is 12.1 Å². The molecule has 1 saturated carbocycles. The summed E-state index contributed by atoms with van der Waals surface area (Å²) in [5.41, 5.74) is 4.83. The van der Waals surface area contributed by atoms with Crippen LogP contribution in [-0.4, -0.2) is 25.7 Å². The van der Waals surface area contributed by atoms with Gasteiger partial charge in [-0.1, -0.05) is 6.92 Å². The highest BCUT2D eigenvalue weighted by atomic mass is 16.1. The van der Waals surface area contributed by atoms with E-state index in [9.17, 15) is 4.79 Å². The summed E-state index contributed by atoms with van der Waals surface area (Å²) >= 11 is 0. The Morgan fingerprint density at radius 1 is 1.29 bits per heavy atom. The molecule has 0 radical (unpaired) electrons. The fraction of sp³-hybridized carbons (Fsp3) is 0.556. The van der Waals surface area contributed by atoms with Crippen molar-refractivity contribution in [3.63, 3.8) is 0 Å². The first kappa shape index (κ1) is 16.6. The van der Waals surface area contributed by atoms with Gasteiger partial charge in [0.25, 0.3) is 0 Å². The average molecular weight is 327 g/mol. The molecule has 1 amide bonds. The van der Waals surface area contributed by atoms with Crippen LogP contribution >= 0.6 is 0 Å². The summed E-state index contributed by atoms with van der Waals surface area (Å²) in [5, 5.41) is 7.42. The van der Waals surface area contributed by atoms with Crippen LogP contribution < -0.4 is 5.32 Å². The molecule has 0 aromatic carbocycles. The summed E-state index contributed by atoms with van der Waals surface area (Å²) in [4.78, 5) is 21.1. The van der Waals surface area contributed by atoms with Gasteiger partial charge in [0.15, 0.2) is 0 Å². The second-order valence-electron chi connectivity index (χ2n) is 6.68. The van der Waals surface area contributed by atoms with Gasteiger partial charge < -0.3 is 0 Å². The Bertz CT molecular complexity index is 761. The van der Waals surface area contributed by atoms with E-state index in [0.29, 0.717) is 12.4 Å². The second-order valence-corrected chi connectivity index (χ2v) is 6.68. The zero-order valence-electron chi connectivity index (χ0n) is 14.9. The van der Waals surface area contributed by atoms with Gasteiger partial charge in [-0.15, -0.1) is 0 Å². The zero-order chi connectivity index (χ0) is 17.3.